The van der Waals surface area contributed by atoms with Gasteiger partial charge in [0.2, 0.25) is 0 Å². The molecule has 0 saturated heterocycles. The van der Waals surface area contributed by atoms with Gasteiger partial charge in [-0.3, -0.25) is 0 Å². The van der Waals surface area contributed by atoms with Crippen molar-refractivity contribution in [3.8, 4) is 0 Å². The summed E-state index contributed by atoms with van der Waals surface area (Å²) in [6.45, 7) is 21.2. The SMILES string of the molecule is CCCCC.CCCCCC.CCCCCCC.CCCCOC.CCCOC.COCCOC.COCOC. The zero-order chi connectivity index (χ0) is 32.4. The average Bonchev–Trinajstić information content (AvgIpc) is 2.97. The van der Waals surface area contributed by atoms with Crippen LogP contribution in [0.1, 0.15) is 152 Å². The van der Waals surface area contributed by atoms with Crippen LogP contribution in [0.3, 0.4) is 0 Å². The number of hydrogen-bond donors (Lipinski definition) is 0. The van der Waals surface area contributed by atoms with E-state index in [1.807, 2.05) is 0 Å². The van der Waals surface area contributed by atoms with Gasteiger partial charge in [-0.2, -0.15) is 0 Å². The molecule has 0 spiro atoms. The summed E-state index contributed by atoms with van der Waals surface area (Å²) in [7, 11) is 9.92. The maximum atomic E-state index is 4.78. The number of unbranched alkanes of at least 4 members (excludes halogenated alkanes) is 10. The lowest BCUT2D eigenvalue weighted by atomic mass is 10.2. The fraction of sp³-hybridized carbons (Fsp3) is 1.00. The second-order valence-electron chi connectivity index (χ2n) is 9.14. The maximum absolute atomic E-state index is 4.78. The molecule has 0 aromatic carbocycles. The molecule has 0 bridgehead atoms. The third kappa shape index (κ3) is 145. The van der Waals surface area contributed by atoms with Crippen LogP contribution >= 0.6 is 0 Å². The van der Waals surface area contributed by atoms with Crippen LogP contribution in [-0.2, 0) is 28.4 Å². The van der Waals surface area contributed by atoms with Crippen molar-refractivity contribution in [2.24, 2.45) is 0 Å². The summed E-state index contributed by atoms with van der Waals surface area (Å²) in [4.78, 5) is 0. The van der Waals surface area contributed by atoms with E-state index in [1.165, 1.54) is 89.9 Å². The van der Waals surface area contributed by atoms with Gasteiger partial charge in [0.1, 0.15) is 6.79 Å². The molecule has 0 aliphatic rings. The first kappa shape index (κ1) is 55.7. The lowest BCUT2D eigenvalue weighted by molar-refractivity contribution is -0.00272. The van der Waals surface area contributed by atoms with E-state index in [4.69, 9.17) is 9.47 Å². The normalized spacial score (nSPS) is 8.85. The Balaban J connectivity index is -0.0000000637. The Kier molecular flexibility index (Phi) is 116. The van der Waals surface area contributed by atoms with Gasteiger partial charge >= 0.3 is 0 Å². The van der Waals surface area contributed by atoms with Crippen LogP contribution in [0.5, 0.6) is 0 Å². The molecule has 0 heterocycles. The Morgan fingerprint density at radius 3 is 0.675 bits per heavy atom. The first-order valence-electron chi connectivity index (χ1n) is 16.3. The summed E-state index contributed by atoms with van der Waals surface area (Å²) >= 11 is 0. The highest BCUT2D eigenvalue weighted by atomic mass is 16.6. The quantitative estimate of drug-likeness (QED) is 0.111. The first-order valence-corrected chi connectivity index (χ1v) is 16.3. The smallest absolute Gasteiger partial charge is 0.145 e. The molecule has 40 heavy (non-hydrogen) atoms. The molecule has 0 aliphatic carbocycles. The molecule has 0 rings (SSSR count). The minimum atomic E-state index is 0.389. The summed E-state index contributed by atoms with van der Waals surface area (Å²) in [5, 5.41) is 0. The Hall–Kier alpha value is -0.240. The second-order valence-corrected chi connectivity index (χ2v) is 9.14. The van der Waals surface area contributed by atoms with E-state index in [-0.39, 0.29) is 0 Å². The molecule has 0 radical (unpaired) electrons. The van der Waals surface area contributed by atoms with Crippen molar-refractivity contribution in [3.05, 3.63) is 0 Å². The van der Waals surface area contributed by atoms with Gasteiger partial charge < -0.3 is 28.4 Å². The fourth-order valence-corrected chi connectivity index (χ4v) is 2.31. The summed E-state index contributed by atoms with van der Waals surface area (Å²) in [6.07, 6.45) is 20.2. The van der Waals surface area contributed by atoms with Gasteiger partial charge in [0.15, 0.2) is 0 Å². The Morgan fingerprint density at radius 1 is 0.250 bits per heavy atom. The van der Waals surface area contributed by atoms with Crippen LogP contribution < -0.4 is 0 Å². The second kappa shape index (κ2) is 83.3. The van der Waals surface area contributed by atoms with Crippen molar-refractivity contribution in [2.45, 2.75) is 152 Å². The van der Waals surface area contributed by atoms with Gasteiger partial charge in [0.25, 0.3) is 0 Å². The van der Waals surface area contributed by atoms with Crippen molar-refractivity contribution in [2.75, 3.05) is 75.9 Å². The fourth-order valence-electron chi connectivity index (χ4n) is 2.31. The van der Waals surface area contributed by atoms with Gasteiger partial charge in [0, 0.05) is 55.9 Å². The largest absolute Gasteiger partial charge is 0.385 e. The van der Waals surface area contributed by atoms with Crippen LogP contribution in [0, 0.1) is 0 Å². The zero-order valence-electron chi connectivity index (χ0n) is 30.6. The van der Waals surface area contributed by atoms with Gasteiger partial charge in [-0.1, -0.05) is 139 Å². The Bertz CT molecular complexity index is 214. The van der Waals surface area contributed by atoms with E-state index in [9.17, 15) is 0 Å². The number of hydrogen-bond acceptors (Lipinski definition) is 6. The van der Waals surface area contributed by atoms with E-state index in [2.05, 4.69) is 74.3 Å². The summed E-state index contributed by atoms with van der Waals surface area (Å²) < 4.78 is 27.7. The number of methoxy groups -OCH3 is 6. The predicted octanol–water partition coefficient (Wildman–Crippen LogP) is 10.8. The lowest BCUT2D eigenvalue weighted by Gasteiger charge is -1.91. The van der Waals surface area contributed by atoms with Crippen molar-refractivity contribution >= 4 is 0 Å². The standard InChI is InChI=1S/C7H16.C6H14.C5H12O.C5H12.C4H10O2.C4H10O.C3H8O2/c1-3-5-7-6-4-2;1-3-5-6-4-2;1-3-4-5-6-2;1-3-5-4-2;1-5-3-4-6-2;1-3-4-5-2;1-4-3-5-2/h3-7H2,1-2H3;3-6H2,1-2H3;3-5H2,1-2H3;3-5H2,1-2H3;3-4H2,1-2H3;3-4H2,1-2H3;3H2,1-2H3. The molecule has 0 amide bonds. The molecule has 0 N–H and O–H groups in total. The molecule has 0 aromatic rings. The average molecular weight is 587 g/mol. The highest BCUT2D eigenvalue weighted by molar-refractivity contribution is 4.36. The highest BCUT2D eigenvalue weighted by Crippen LogP contribution is 2.00. The molecular weight excluding hydrogens is 504 g/mol. The van der Waals surface area contributed by atoms with Crippen molar-refractivity contribution in [3.63, 3.8) is 0 Å². The minimum Gasteiger partial charge on any atom is -0.385 e. The van der Waals surface area contributed by atoms with Crippen LogP contribution in [0.15, 0.2) is 0 Å². The van der Waals surface area contributed by atoms with Crippen LogP contribution in [0.2, 0.25) is 0 Å². The van der Waals surface area contributed by atoms with Gasteiger partial charge in [-0.25, -0.2) is 0 Å². The lowest BCUT2D eigenvalue weighted by Crippen LogP contribution is -1.96. The van der Waals surface area contributed by atoms with Crippen molar-refractivity contribution in [1.82, 2.24) is 0 Å². The van der Waals surface area contributed by atoms with Crippen molar-refractivity contribution < 1.29 is 28.4 Å². The molecule has 0 aliphatic heterocycles. The molecule has 0 fully saturated rings. The van der Waals surface area contributed by atoms with E-state index in [0.717, 1.165) is 19.6 Å². The molecule has 0 saturated carbocycles. The van der Waals surface area contributed by atoms with Crippen molar-refractivity contribution in [1.29, 1.82) is 0 Å². The molecule has 0 aromatic heterocycles. The van der Waals surface area contributed by atoms with Crippen LogP contribution in [-0.4, -0.2) is 75.9 Å². The molecule has 6 nitrogen and oxygen atoms in total. The molecule has 254 valence electrons. The monoisotopic (exact) mass is 587 g/mol. The topological polar surface area (TPSA) is 55.4 Å². The molecule has 0 unspecified atom stereocenters. The first-order chi connectivity index (χ1) is 19.4. The third-order valence-corrected chi connectivity index (χ3v) is 4.71. The van der Waals surface area contributed by atoms with Gasteiger partial charge in [-0.05, 0) is 12.8 Å². The Labute approximate surface area is 255 Å². The minimum absolute atomic E-state index is 0.389. The van der Waals surface area contributed by atoms with E-state index in [1.54, 1.807) is 42.7 Å². The number of ether oxygens (including phenoxy) is 6. The van der Waals surface area contributed by atoms with E-state index < -0.39 is 0 Å². The number of rotatable bonds is 19. The van der Waals surface area contributed by atoms with Gasteiger partial charge in [-0.15, -0.1) is 0 Å². The molecular formula is C34H82O6. The predicted molar refractivity (Wildman–Crippen MR) is 181 cm³/mol. The molecule has 0 atom stereocenters. The van der Waals surface area contributed by atoms with E-state index in [0.29, 0.717) is 20.0 Å². The van der Waals surface area contributed by atoms with Crippen LogP contribution in [0.25, 0.3) is 0 Å². The zero-order valence-corrected chi connectivity index (χ0v) is 30.6. The third-order valence-electron chi connectivity index (χ3n) is 4.71. The summed E-state index contributed by atoms with van der Waals surface area (Å²) in [5.41, 5.74) is 0. The maximum Gasteiger partial charge on any atom is 0.145 e. The van der Waals surface area contributed by atoms with E-state index >= 15 is 0 Å². The molecule has 6 heteroatoms. The Morgan fingerprint density at radius 2 is 0.550 bits per heavy atom. The highest BCUT2D eigenvalue weighted by Gasteiger charge is 1.80. The van der Waals surface area contributed by atoms with Gasteiger partial charge in [0.05, 0.1) is 13.2 Å². The summed E-state index contributed by atoms with van der Waals surface area (Å²) in [6, 6.07) is 0. The van der Waals surface area contributed by atoms with Crippen LogP contribution in [0.4, 0.5) is 0 Å². The summed E-state index contributed by atoms with van der Waals surface area (Å²) in [5.74, 6) is 0.